The third-order valence-electron chi connectivity index (χ3n) is 3.28. The molecule has 1 amide bonds. The number of sulfone groups is 1. The first-order valence-electron chi connectivity index (χ1n) is 6.76. The molecule has 0 bridgehead atoms. The summed E-state index contributed by atoms with van der Waals surface area (Å²) in [6.07, 6.45) is 1.31. The Kier molecular flexibility index (Phi) is 4.76. The second-order valence-corrected chi connectivity index (χ2v) is 7.23. The van der Waals surface area contributed by atoms with Crippen LogP contribution in [-0.4, -0.2) is 55.1 Å². The SMILES string of the molecule is COc1cc(C)nc(CS(=O)(=O)CCN2CCCC2=O)n1. The molecular formula is C13H19N3O4S. The van der Waals surface area contributed by atoms with Crippen molar-refractivity contribution >= 4 is 15.7 Å². The van der Waals surface area contributed by atoms with Crippen molar-refractivity contribution in [2.75, 3.05) is 26.0 Å². The molecule has 8 heteroatoms. The molecule has 7 nitrogen and oxygen atoms in total. The zero-order valence-corrected chi connectivity index (χ0v) is 13.0. The van der Waals surface area contributed by atoms with Gasteiger partial charge in [0.2, 0.25) is 11.8 Å². The number of hydrogen-bond donors (Lipinski definition) is 0. The van der Waals surface area contributed by atoms with Crippen molar-refractivity contribution in [3.05, 3.63) is 17.6 Å². The summed E-state index contributed by atoms with van der Waals surface area (Å²) in [5.74, 6) is 0.284. The van der Waals surface area contributed by atoms with Crippen LogP contribution in [0.15, 0.2) is 6.07 Å². The lowest BCUT2D eigenvalue weighted by Crippen LogP contribution is -2.30. The van der Waals surface area contributed by atoms with E-state index in [-0.39, 0.29) is 29.8 Å². The van der Waals surface area contributed by atoms with E-state index in [0.717, 1.165) is 6.42 Å². The van der Waals surface area contributed by atoms with E-state index in [1.165, 1.54) is 7.11 Å². The number of ether oxygens (including phenoxy) is 1. The van der Waals surface area contributed by atoms with Crippen molar-refractivity contribution in [1.29, 1.82) is 0 Å². The Balaban J connectivity index is 2.00. The molecule has 0 spiro atoms. The van der Waals surface area contributed by atoms with Crippen LogP contribution in [0.25, 0.3) is 0 Å². The van der Waals surface area contributed by atoms with Crippen LogP contribution in [-0.2, 0) is 20.4 Å². The van der Waals surface area contributed by atoms with Crippen molar-refractivity contribution in [2.24, 2.45) is 0 Å². The Hall–Kier alpha value is -1.70. The maximum atomic E-state index is 12.1. The second-order valence-electron chi connectivity index (χ2n) is 5.04. The predicted octanol–water partition coefficient (Wildman–Crippen LogP) is 0.331. The topological polar surface area (TPSA) is 89.5 Å². The summed E-state index contributed by atoms with van der Waals surface area (Å²) in [6, 6.07) is 1.64. The van der Waals surface area contributed by atoms with Crippen molar-refractivity contribution in [1.82, 2.24) is 14.9 Å². The fourth-order valence-corrected chi connectivity index (χ4v) is 3.39. The average Bonchev–Trinajstić information content (AvgIpc) is 2.81. The van der Waals surface area contributed by atoms with Gasteiger partial charge in [-0.05, 0) is 13.3 Å². The van der Waals surface area contributed by atoms with Crippen LogP contribution in [0.3, 0.4) is 0 Å². The molecule has 1 aliphatic rings. The van der Waals surface area contributed by atoms with Crippen molar-refractivity contribution in [3.63, 3.8) is 0 Å². The molecule has 1 aromatic heterocycles. The maximum Gasteiger partial charge on any atom is 0.222 e. The summed E-state index contributed by atoms with van der Waals surface area (Å²) in [7, 11) is -1.89. The van der Waals surface area contributed by atoms with E-state index < -0.39 is 9.84 Å². The first kappa shape index (κ1) is 15.7. The fraction of sp³-hybridized carbons (Fsp3) is 0.615. The van der Waals surface area contributed by atoms with E-state index in [1.807, 2.05) is 0 Å². The molecule has 0 unspecified atom stereocenters. The van der Waals surface area contributed by atoms with Crippen LogP contribution in [0.5, 0.6) is 5.88 Å². The third kappa shape index (κ3) is 4.38. The molecule has 21 heavy (non-hydrogen) atoms. The molecule has 0 radical (unpaired) electrons. The van der Waals surface area contributed by atoms with Gasteiger partial charge in [-0.15, -0.1) is 0 Å². The Morgan fingerprint density at radius 3 is 2.76 bits per heavy atom. The second kappa shape index (κ2) is 6.38. The highest BCUT2D eigenvalue weighted by Gasteiger charge is 2.23. The molecule has 1 fully saturated rings. The van der Waals surface area contributed by atoms with Crippen LogP contribution >= 0.6 is 0 Å². The number of aromatic nitrogens is 2. The molecule has 116 valence electrons. The monoisotopic (exact) mass is 313 g/mol. The Morgan fingerprint density at radius 2 is 2.14 bits per heavy atom. The van der Waals surface area contributed by atoms with Gasteiger partial charge in [-0.1, -0.05) is 0 Å². The number of aryl methyl sites for hydroxylation is 1. The standard InChI is InChI=1S/C13H19N3O4S/c1-10-8-12(20-2)15-11(14-10)9-21(18,19)7-6-16-5-3-4-13(16)17/h8H,3-7,9H2,1-2H3. The number of rotatable bonds is 6. The number of nitrogens with zero attached hydrogens (tertiary/aromatic N) is 3. The highest BCUT2D eigenvalue weighted by molar-refractivity contribution is 7.90. The van der Waals surface area contributed by atoms with Crippen molar-refractivity contribution in [2.45, 2.75) is 25.5 Å². The molecule has 1 aromatic rings. The van der Waals surface area contributed by atoms with Crippen LogP contribution in [0, 0.1) is 6.92 Å². The van der Waals surface area contributed by atoms with Crippen molar-refractivity contribution in [3.8, 4) is 5.88 Å². The average molecular weight is 313 g/mol. The quantitative estimate of drug-likeness (QED) is 0.752. The minimum Gasteiger partial charge on any atom is -0.481 e. The summed E-state index contributed by atoms with van der Waals surface area (Å²) in [4.78, 5) is 21.2. The summed E-state index contributed by atoms with van der Waals surface area (Å²) < 4.78 is 29.2. The van der Waals surface area contributed by atoms with Crippen LogP contribution in [0.4, 0.5) is 0 Å². The summed E-state index contributed by atoms with van der Waals surface area (Å²) in [5, 5.41) is 0. The van der Waals surface area contributed by atoms with Gasteiger partial charge in [-0.25, -0.2) is 13.4 Å². The highest BCUT2D eigenvalue weighted by Crippen LogP contribution is 2.12. The third-order valence-corrected chi connectivity index (χ3v) is 4.78. The number of likely N-dealkylation sites (tertiary alicyclic amines) is 1. The Bertz CT molecular complexity index is 630. The zero-order chi connectivity index (χ0) is 15.5. The lowest BCUT2D eigenvalue weighted by Gasteiger charge is -2.15. The highest BCUT2D eigenvalue weighted by atomic mass is 32.2. The Labute approximate surface area is 124 Å². The van der Waals surface area contributed by atoms with Crippen molar-refractivity contribution < 1.29 is 17.9 Å². The smallest absolute Gasteiger partial charge is 0.222 e. The first-order chi connectivity index (χ1) is 9.89. The maximum absolute atomic E-state index is 12.1. The molecule has 2 heterocycles. The van der Waals surface area contributed by atoms with Gasteiger partial charge < -0.3 is 9.64 Å². The minimum absolute atomic E-state index is 0.0266. The molecular weight excluding hydrogens is 294 g/mol. The molecule has 0 saturated carbocycles. The zero-order valence-electron chi connectivity index (χ0n) is 12.2. The molecule has 0 aliphatic carbocycles. The van der Waals surface area contributed by atoms with Gasteiger partial charge in [0, 0.05) is 31.3 Å². The molecule has 0 atom stereocenters. The molecule has 0 N–H and O–H groups in total. The van der Waals surface area contributed by atoms with Gasteiger partial charge in [-0.2, -0.15) is 4.98 Å². The van der Waals surface area contributed by atoms with Gasteiger partial charge in [0.05, 0.1) is 12.9 Å². The van der Waals surface area contributed by atoms with E-state index in [1.54, 1.807) is 17.9 Å². The molecule has 2 rings (SSSR count). The lowest BCUT2D eigenvalue weighted by molar-refractivity contribution is -0.127. The first-order valence-corrected chi connectivity index (χ1v) is 8.58. The van der Waals surface area contributed by atoms with Gasteiger partial charge in [0.15, 0.2) is 9.84 Å². The molecule has 0 aromatic carbocycles. The van der Waals surface area contributed by atoms with Crippen LogP contribution in [0.1, 0.15) is 24.4 Å². The van der Waals surface area contributed by atoms with Gasteiger partial charge >= 0.3 is 0 Å². The van der Waals surface area contributed by atoms with E-state index in [4.69, 9.17) is 4.74 Å². The normalized spacial score (nSPS) is 15.5. The summed E-state index contributed by atoms with van der Waals surface area (Å²) >= 11 is 0. The summed E-state index contributed by atoms with van der Waals surface area (Å²) in [6.45, 7) is 2.64. The van der Waals surface area contributed by atoms with Gasteiger partial charge in [0.1, 0.15) is 11.6 Å². The van der Waals surface area contributed by atoms with E-state index in [0.29, 0.717) is 24.5 Å². The minimum atomic E-state index is -3.36. The molecule has 1 aliphatic heterocycles. The number of hydrogen-bond acceptors (Lipinski definition) is 6. The van der Waals surface area contributed by atoms with Gasteiger partial charge in [-0.3, -0.25) is 4.79 Å². The number of carbonyl (C=O) groups is 1. The number of amides is 1. The van der Waals surface area contributed by atoms with Gasteiger partial charge in [0.25, 0.3) is 0 Å². The number of carbonyl (C=O) groups excluding carboxylic acids is 1. The number of methoxy groups -OCH3 is 1. The van der Waals surface area contributed by atoms with E-state index in [9.17, 15) is 13.2 Å². The van der Waals surface area contributed by atoms with Crippen LogP contribution in [0.2, 0.25) is 0 Å². The Morgan fingerprint density at radius 1 is 1.38 bits per heavy atom. The van der Waals surface area contributed by atoms with E-state index >= 15 is 0 Å². The largest absolute Gasteiger partial charge is 0.481 e. The fourth-order valence-electron chi connectivity index (χ4n) is 2.23. The predicted molar refractivity (Wildman–Crippen MR) is 76.6 cm³/mol. The van der Waals surface area contributed by atoms with Crippen LogP contribution < -0.4 is 4.74 Å². The molecule has 1 saturated heterocycles. The lowest BCUT2D eigenvalue weighted by atomic mass is 10.4. The summed E-state index contributed by atoms with van der Waals surface area (Å²) in [5.41, 5.74) is 0.654. The van der Waals surface area contributed by atoms with E-state index in [2.05, 4.69) is 9.97 Å².